The van der Waals surface area contributed by atoms with Gasteiger partial charge in [0, 0.05) is 11.4 Å². The van der Waals surface area contributed by atoms with Gasteiger partial charge in [-0.3, -0.25) is 0 Å². The van der Waals surface area contributed by atoms with Crippen molar-refractivity contribution >= 4 is 11.4 Å². The number of H-pyrrole nitrogens is 1. The average Bonchev–Trinajstić information content (AvgIpc) is 2.78. The minimum absolute atomic E-state index is 0.0146. The van der Waals surface area contributed by atoms with Crippen molar-refractivity contribution in [2.45, 2.75) is 19.9 Å². The van der Waals surface area contributed by atoms with Gasteiger partial charge < -0.3 is 11.1 Å². The molecule has 1 aromatic carbocycles. The van der Waals surface area contributed by atoms with Crippen LogP contribution in [0.25, 0.3) is 0 Å². The molecule has 4 N–H and O–H groups in total. The normalized spacial score (nSPS) is 12.4. The van der Waals surface area contributed by atoms with Crippen LogP contribution < -0.4 is 11.1 Å². The summed E-state index contributed by atoms with van der Waals surface area (Å²) in [5.41, 5.74) is 8.60. The van der Waals surface area contributed by atoms with E-state index in [0.29, 0.717) is 5.82 Å². The number of nitrogens with two attached hydrogens (primary N) is 1. The summed E-state index contributed by atoms with van der Waals surface area (Å²) in [7, 11) is 0. The molecule has 1 unspecified atom stereocenters. The molecule has 0 radical (unpaired) electrons. The largest absolute Gasteiger partial charge is 0.398 e. The number of hydrogen-bond donors (Lipinski definition) is 3. The lowest BCUT2D eigenvalue weighted by molar-refractivity contribution is 0.792. The Morgan fingerprint density at radius 3 is 2.94 bits per heavy atom. The molecule has 1 atom stereocenters. The second-order valence-corrected chi connectivity index (χ2v) is 3.66. The molecule has 0 aliphatic rings. The minimum atomic E-state index is -0.0146. The first-order valence-corrected chi connectivity index (χ1v) is 5.03. The lowest BCUT2D eigenvalue weighted by Crippen LogP contribution is -2.10. The van der Waals surface area contributed by atoms with E-state index in [2.05, 4.69) is 25.9 Å². The highest BCUT2D eigenvalue weighted by molar-refractivity contribution is 5.63. The van der Waals surface area contributed by atoms with Crippen molar-refractivity contribution in [2.24, 2.45) is 0 Å². The summed E-state index contributed by atoms with van der Waals surface area (Å²) in [6.45, 7) is 3.94. The Morgan fingerprint density at radius 1 is 1.44 bits per heavy atom. The van der Waals surface area contributed by atoms with E-state index in [1.165, 1.54) is 0 Å². The third kappa shape index (κ3) is 1.95. The molecule has 84 valence electrons. The van der Waals surface area contributed by atoms with E-state index in [1.54, 1.807) is 0 Å². The standard InChI is InChI=1S/C10H14N6/c1-6-8(11)4-3-5-9(6)12-7(2)10-13-15-16-14-10/h3-5,7,12H,11H2,1-2H3,(H,13,14,15,16). The molecule has 0 spiro atoms. The van der Waals surface area contributed by atoms with Crippen LogP contribution in [0.3, 0.4) is 0 Å². The lowest BCUT2D eigenvalue weighted by Gasteiger charge is -2.14. The molecule has 0 aliphatic heterocycles. The zero-order valence-corrected chi connectivity index (χ0v) is 9.23. The van der Waals surface area contributed by atoms with Gasteiger partial charge in [-0.15, -0.1) is 10.2 Å². The Balaban J connectivity index is 2.18. The van der Waals surface area contributed by atoms with E-state index in [1.807, 2.05) is 32.0 Å². The zero-order chi connectivity index (χ0) is 11.5. The summed E-state index contributed by atoms with van der Waals surface area (Å²) in [5.74, 6) is 0.627. The van der Waals surface area contributed by atoms with E-state index >= 15 is 0 Å². The van der Waals surface area contributed by atoms with Crippen molar-refractivity contribution in [2.75, 3.05) is 11.1 Å². The van der Waals surface area contributed by atoms with E-state index < -0.39 is 0 Å². The van der Waals surface area contributed by atoms with Crippen LogP contribution in [0.5, 0.6) is 0 Å². The summed E-state index contributed by atoms with van der Waals surface area (Å²) in [6, 6.07) is 5.74. The van der Waals surface area contributed by atoms with E-state index in [0.717, 1.165) is 16.9 Å². The molecule has 6 nitrogen and oxygen atoms in total. The Bertz CT molecular complexity index is 464. The molecule has 0 aliphatic carbocycles. The molecule has 6 heteroatoms. The van der Waals surface area contributed by atoms with Crippen molar-refractivity contribution in [3.63, 3.8) is 0 Å². The van der Waals surface area contributed by atoms with Gasteiger partial charge >= 0.3 is 0 Å². The molecule has 1 heterocycles. The Hall–Kier alpha value is -2.11. The first kappa shape index (κ1) is 10.4. The average molecular weight is 218 g/mol. The summed E-state index contributed by atoms with van der Waals surface area (Å²) in [5, 5.41) is 17.1. The molecule has 2 rings (SSSR count). The number of nitrogen functional groups attached to an aromatic ring is 1. The molecule has 0 bridgehead atoms. The maximum absolute atomic E-state index is 5.83. The third-order valence-corrected chi connectivity index (χ3v) is 2.50. The fourth-order valence-electron chi connectivity index (χ4n) is 1.46. The van der Waals surface area contributed by atoms with Crippen molar-refractivity contribution in [3.8, 4) is 0 Å². The van der Waals surface area contributed by atoms with Crippen LogP contribution >= 0.6 is 0 Å². The maximum atomic E-state index is 5.83. The Labute approximate surface area is 93.2 Å². The van der Waals surface area contributed by atoms with Gasteiger partial charge in [-0.1, -0.05) is 11.3 Å². The summed E-state index contributed by atoms with van der Waals surface area (Å²) >= 11 is 0. The summed E-state index contributed by atoms with van der Waals surface area (Å²) < 4.78 is 0. The van der Waals surface area contributed by atoms with Gasteiger partial charge in [0.05, 0.1) is 6.04 Å². The second kappa shape index (κ2) is 4.18. The molecular formula is C10H14N6. The fraction of sp³-hybridized carbons (Fsp3) is 0.300. The highest BCUT2D eigenvalue weighted by Gasteiger charge is 2.11. The number of aromatic nitrogens is 4. The molecule has 16 heavy (non-hydrogen) atoms. The number of hydrogen-bond acceptors (Lipinski definition) is 5. The SMILES string of the molecule is Cc1c(N)cccc1NC(C)c1nn[nH]n1. The van der Waals surface area contributed by atoms with Crippen LogP contribution in [-0.4, -0.2) is 20.6 Å². The van der Waals surface area contributed by atoms with Crippen LogP contribution in [0.4, 0.5) is 11.4 Å². The Morgan fingerprint density at radius 2 is 2.25 bits per heavy atom. The molecule has 0 fully saturated rings. The van der Waals surface area contributed by atoms with Crippen LogP contribution in [0, 0.1) is 6.92 Å². The molecule has 2 aromatic rings. The van der Waals surface area contributed by atoms with Crippen molar-refractivity contribution in [1.29, 1.82) is 0 Å². The third-order valence-electron chi connectivity index (χ3n) is 2.50. The number of nitrogens with one attached hydrogen (secondary N) is 2. The van der Waals surface area contributed by atoms with Crippen LogP contribution in [0.15, 0.2) is 18.2 Å². The topological polar surface area (TPSA) is 92.5 Å². The van der Waals surface area contributed by atoms with Gasteiger partial charge in [0.1, 0.15) is 0 Å². The molecular weight excluding hydrogens is 204 g/mol. The van der Waals surface area contributed by atoms with E-state index in [9.17, 15) is 0 Å². The van der Waals surface area contributed by atoms with Crippen molar-refractivity contribution in [1.82, 2.24) is 20.6 Å². The monoisotopic (exact) mass is 218 g/mol. The van der Waals surface area contributed by atoms with Gasteiger partial charge in [0.15, 0.2) is 5.82 Å². The smallest absolute Gasteiger partial charge is 0.196 e. The van der Waals surface area contributed by atoms with Crippen LogP contribution in [0.2, 0.25) is 0 Å². The maximum Gasteiger partial charge on any atom is 0.196 e. The minimum Gasteiger partial charge on any atom is -0.398 e. The highest BCUT2D eigenvalue weighted by atomic mass is 15.5. The number of nitrogens with zero attached hydrogens (tertiary/aromatic N) is 3. The van der Waals surface area contributed by atoms with Crippen LogP contribution in [-0.2, 0) is 0 Å². The fourth-order valence-corrected chi connectivity index (χ4v) is 1.46. The van der Waals surface area contributed by atoms with Crippen molar-refractivity contribution in [3.05, 3.63) is 29.6 Å². The van der Waals surface area contributed by atoms with Crippen molar-refractivity contribution < 1.29 is 0 Å². The molecule has 0 saturated carbocycles. The number of rotatable bonds is 3. The van der Waals surface area contributed by atoms with Gasteiger partial charge in [0.2, 0.25) is 0 Å². The van der Waals surface area contributed by atoms with Crippen LogP contribution in [0.1, 0.15) is 24.4 Å². The van der Waals surface area contributed by atoms with E-state index in [-0.39, 0.29) is 6.04 Å². The second-order valence-electron chi connectivity index (χ2n) is 3.66. The number of aromatic amines is 1. The Kier molecular flexibility index (Phi) is 2.72. The van der Waals surface area contributed by atoms with Gasteiger partial charge in [0.25, 0.3) is 0 Å². The zero-order valence-electron chi connectivity index (χ0n) is 9.23. The van der Waals surface area contributed by atoms with Gasteiger partial charge in [-0.25, -0.2) is 0 Å². The predicted molar refractivity (Wildman–Crippen MR) is 61.8 cm³/mol. The highest BCUT2D eigenvalue weighted by Crippen LogP contribution is 2.23. The van der Waals surface area contributed by atoms with Gasteiger partial charge in [-0.05, 0) is 31.5 Å². The molecule has 0 amide bonds. The van der Waals surface area contributed by atoms with E-state index in [4.69, 9.17) is 5.73 Å². The molecule has 1 aromatic heterocycles. The first-order chi connectivity index (χ1) is 7.68. The number of tetrazole rings is 1. The summed E-state index contributed by atoms with van der Waals surface area (Å²) in [6.07, 6.45) is 0. The first-order valence-electron chi connectivity index (χ1n) is 5.03. The number of benzene rings is 1. The summed E-state index contributed by atoms with van der Waals surface area (Å²) in [4.78, 5) is 0. The molecule has 0 saturated heterocycles. The quantitative estimate of drug-likeness (QED) is 0.674. The predicted octanol–water partition coefficient (Wildman–Crippen LogP) is 1.26. The number of anilines is 2. The van der Waals surface area contributed by atoms with Gasteiger partial charge in [-0.2, -0.15) is 5.21 Å². The lowest BCUT2D eigenvalue weighted by atomic mass is 10.1.